The molecule has 146 valence electrons. The number of nitrogens with zero attached hydrogens (tertiary/aromatic N) is 2. The quantitative estimate of drug-likeness (QED) is 0.790. The fraction of sp³-hybridized carbons (Fsp3) is 0.381. The minimum absolute atomic E-state index is 0.0499. The average molecular weight is 387 g/mol. The molecule has 1 N–H and O–H groups in total. The Morgan fingerprint density at radius 3 is 2.61 bits per heavy atom. The third kappa shape index (κ3) is 3.41. The predicted octanol–water partition coefficient (Wildman–Crippen LogP) is 5.17. The number of halogens is 3. The molecule has 0 bridgehead atoms. The number of fused-ring (bicyclic) bond motifs is 1. The van der Waals surface area contributed by atoms with Crippen LogP contribution >= 0.6 is 0 Å². The van der Waals surface area contributed by atoms with Crippen molar-refractivity contribution in [3.63, 3.8) is 0 Å². The van der Waals surface area contributed by atoms with E-state index >= 15 is 0 Å². The first-order valence-corrected chi connectivity index (χ1v) is 9.34. The summed E-state index contributed by atoms with van der Waals surface area (Å²) in [5.74, 6) is -0.161. The van der Waals surface area contributed by atoms with Gasteiger partial charge in [0.15, 0.2) is 5.82 Å². The van der Waals surface area contributed by atoms with Gasteiger partial charge in [0.1, 0.15) is 0 Å². The molecular weight excluding hydrogens is 367 g/mol. The molecule has 1 aromatic heterocycles. The molecule has 4 nitrogen and oxygen atoms in total. The average Bonchev–Trinajstić information content (AvgIpc) is 3.23. The highest BCUT2D eigenvalue weighted by Crippen LogP contribution is 2.54. The largest absolute Gasteiger partial charge is 0.413 e. The van der Waals surface area contributed by atoms with Crippen LogP contribution in [0.3, 0.4) is 0 Å². The van der Waals surface area contributed by atoms with Crippen LogP contribution in [0, 0.1) is 18.8 Å². The second kappa shape index (κ2) is 7.04. The lowest BCUT2D eigenvalue weighted by molar-refractivity contribution is -0.0933. The number of aryl methyl sites for hydroxylation is 1. The molecule has 0 radical (unpaired) electrons. The van der Waals surface area contributed by atoms with Gasteiger partial charge in [0.25, 0.3) is 5.91 Å². The third-order valence-corrected chi connectivity index (χ3v) is 5.72. The Labute approximate surface area is 160 Å². The molecule has 28 heavy (non-hydrogen) atoms. The number of hydrogen-bond acceptors (Lipinski definition) is 3. The van der Waals surface area contributed by atoms with E-state index in [4.69, 9.17) is 0 Å². The molecule has 1 aromatic carbocycles. The smallest absolute Gasteiger partial charge is 0.305 e. The summed E-state index contributed by atoms with van der Waals surface area (Å²) >= 11 is 0. The zero-order chi connectivity index (χ0) is 19.9. The molecule has 7 heteroatoms. The number of aromatic nitrogens is 2. The molecule has 0 aliphatic heterocycles. The molecule has 1 heterocycles. The monoisotopic (exact) mass is 387 g/mol. The molecule has 2 aliphatic carbocycles. The van der Waals surface area contributed by atoms with Gasteiger partial charge in [-0.3, -0.25) is 9.78 Å². The lowest BCUT2D eigenvalue weighted by Crippen LogP contribution is -2.15. The molecule has 0 spiro atoms. The number of carbonyl (C=O) groups excluding carboxylic acids is 1. The Morgan fingerprint density at radius 2 is 1.93 bits per heavy atom. The van der Waals surface area contributed by atoms with Crippen molar-refractivity contribution in [2.24, 2.45) is 11.8 Å². The van der Waals surface area contributed by atoms with Crippen molar-refractivity contribution in [3.05, 3.63) is 59.1 Å². The van der Waals surface area contributed by atoms with E-state index in [1.165, 1.54) is 12.4 Å². The molecule has 4 rings (SSSR count). The summed E-state index contributed by atoms with van der Waals surface area (Å²) in [5.41, 5.74) is 1.42. The van der Waals surface area contributed by atoms with Crippen LogP contribution in [-0.2, 0) is 0 Å². The van der Waals surface area contributed by atoms with E-state index in [0.29, 0.717) is 11.1 Å². The topological polar surface area (TPSA) is 54.9 Å². The molecule has 2 aliphatic rings. The number of rotatable bonds is 3. The molecule has 0 saturated heterocycles. The second-order valence-corrected chi connectivity index (χ2v) is 7.45. The van der Waals surface area contributed by atoms with E-state index < -0.39 is 11.7 Å². The first-order chi connectivity index (χ1) is 13.3. The van der Waals surface area contributed by atoms with Gasteiger partial charge in [0, 0.05) is 11.1 Å². The Kier molecular flexibility index (Phi) is 4.69. The lowest BCUT2D eigenvalue weighted by atomic mass is 9.93. The van der Waals surface area contributed by atoms with Gasteiger partial charge in [0.2, 0.25) is 0 Å². The summed E-state index contributed by atoms with van der Waals surface area (Å²) in [7, 11) is 0. The van der Waals surface area contributed by atoms with Gasteiger partial charge in [-0.1, -0.05) is 24.6 Å². The van der Waals surface area contributed by atoms with Gasteiger partial charge >= 0.3 is 6.18 Å². The van der Waals surface area contributed by atoms with E-state index in [0.717, 1.165) is 24.8 Å². The van der Waals surface area contributed by atoms with Crippen molar-refractivity contribution in [3.8, 4) is 0 Å². The van der Waals surface area contributed by atoms with Crippen LogP contribution in [0.15, 0.2) is 42.2 Å². The Hall–Kier alpha value is -2.70. The van der Waals surface area contributed by atoms with Gasteiger partial charge in [0.05, 0.1) is 18.1 Å². The van der Waals surface area contributed by atoms with Crippen LogP contribution in [0.25, 0.3) is 5.57 Å². The van der Waals surface area contributed by atoms with E-state index in [9.17, 15) is 18.0 Å². The molecule has 1 amide bonds. The minimum atomic E-state index is -4.35. The second-order valence-electron chi connectivity index (χ2n) is 7.45. The van der Waals surface area contributed by atoms with E-state index in [1.807, 2.05) is 19.1 Å². The number of alkyl halides is 3. The Bertz CT molecular complexity index is 935. The molecule has 2 unspecified atom stereocenters. The maximum atomic E-state index is 13.5. The van der Waals surface area contributed by atoms with Crippen LogP contribution < -0.4 is 5.32 Å². The molecule has 2 aromatic rings. The molecule has 1 fully saturated rings. The summed E-state index contributed by atoms with van der Waals surface area (Å²) in [6.45, 7) is 1.83. The van der Waals surface area contributed by atoms with Crippen molar-refractivity contribution >= 4 is 17.3 Å². The highest BCUT2D eigenvalue weighted by atomic mass is 19.4. The number of benzene rings is 1. The van der Waals surface area contributed by atoms with Crippen LogP contribution in [0.2, 0.25) is 0 Å². The number of amides is 1. The number of carbonyl (C=O) groups is 1. The first kappa shape index (κ1) is 18.7. The van der Waals surface area contributed by atoms with Gasteiger partial charge in [-0.15, -0.1) is 0 Å². The summed E-state index contributed by atoms with van der Waals surface area (Å²) in [5, 5.41) is 2.65. The highest BCUT2D eigenvalue weighted by molar-refractivity contribution is 6.04. The van der Waals surface area contributed by atoms with E-state index in [-0.39, 0.29) is 35.7 Å². The van der Waals surface area contributed by atoms with Crippen molar-refractivity contribution in [2.75, 3.05) is 5.32 Å². The van der Waals surface area contributed by atoms with Crippen molar-refractivity contribution in [1.82, 2.24) is 9.97 Å². The maximum Gasteiger partial charge on any atom is 0.413 e. The molecule has 2 atom stereocenters. The zero-order valence-electron chi connectivity index (χ0n) is 15.4. The van der Waals surface area contributed by atoms with Crippen LogP contribution in [0.5, 0.6) is 0 Å². The van der Waals surface area contributed by atoms with Gasteiger partial charge in [-0.25, -0.2) is 4.98 Å². The number of hydrogen-bond donors (Lipinski definition) is 1. The van der Waals surface area contributed by atoms with Crippen LogP contribution in [-0.4, -0.2) is 22.1 Å². The van der Waals surface area contributed by atoms with Crippen molar-refractivity contribution in [1.29, 1.82) is 0 Å². The third-order valence-electron chi connectivity index (χ3n) is 5.72. The van der Waals surface area contributed by atoms with Crippen LogP contribution in [0.1, 0.15) is 47.3 Å². The number of nitrogens with one attached hydrogen (secondary N) is 1. The van der Waals surface area contributed by atoms with Gasteiger partial charge in [-0.2, -0.15) is 13.2 Å². The molecular formula is C21H20F3N3O. The summed E-state index contributed by atoms with van der Waals surface area (Å²) in [6.07, 6.45) is 0.917. The fourth-order valence-electron chi connectivity index (χ4n) is 4.41. The minimum Gasteiger partial charge on any atom is -0.305 e. The van der Waals surface area contributed by atoms with E-state index in [1.54, 1.807) is 12.1 Å². The maximum absolute atomic E-state index is 13.5. The van der Waals surface area contributed by atoms with Gasteiger partial charge < -0.3 is 5.32 Å². The van der Waals surface area contributed by atoms with Crippen LogP contribution in [0.4, 0.5) is 19.0 Å². The normalized spacial score (nSPS) is 21.7. The highest BCUT2D eigenvalue weighted by Gasteiger charge is 2.48. The van der Waals surface area contributed by atoms with E-state index in [2.05, 4.69) is 15.3 Å². The summed E-state index contributed by atoms with van der Waals surface area (Å²) < 4.78 is 40.6. The van der Waals surface area contributed by atoms with Crippen molar-refractivity contribution < 1.29 is 18.0 Å². The number of anilines is 1. The first-order valence-electron chi connectivity index (χ1n) is 9.34. The fourth-order valence-corrected chi connectivity index (χ4v) is 4.41. The predicted molar refractivity (Wildman–Crippen MR) is 99.6 cm³/mol. The Balaban J connectivity index is 1.59. The summed E-state index contributed by atoms with van der Waals surface area (Å²) in [6, 6.07) is 7.13. The van der Waals surface area contributed by atoms with Gasteiger partial charge in [-0.05, 0) is 55.2 Å². The molecule has 1 saturated carbocycles. The van der Waals surface area contributed by atoms with Crippen molar-refractivity contribution in [2.45, 2.75) is 38.8 Å². The zero-order valence-corrected chi connectivity index (χ0v) is 15.4. The number of allylic oxidation sites excluding steroid dienone is 2. The summed E-state index contributed by atoms with van der Waals surface area (Å²) in [4.78, 5) is 20.7. The lowest BCUT2D eigenvalue weighted by Gasteiger charge is -2.15. The Morgan fingerprint density at radius 1 is 1.14 bits per heavy atom. The standard InChI is InChI=1S/C21H20F3N3O/c1-12-5-2-3-7-14(12)20(28)27-18-11-25-17(10-26-18)19-15-8-4-6-13(15)9-16(19)21(22,23)24/h2-3,5,7,10-11,13,15H,4,6,8-9H2,1H3,(H,26,27,28). The SMILES string of the molecule is Cc1ccccc1C(=O)Nc1cnc(C2=C(C(F)(F)F)CC3CCCC23)cn1.